The first-order chi connectivity index (χ1) is 3.46. The monoisotopic (exact) mass is 153 g/mol. The summed E-state index contributed by atoms with van der Waals surface area (Å²) in [6.45, 7) is 1.08. The highest BCUT2D eigenvalue weighted by Crippen LogP contribution is 1.63. The highest BCUT2D eigenvalue weighted by Gasteiger charge is 1.65. The van der Waals surface area contributed by atoms with Gasteiger partial charge in [0.05, 0.1) is 0 Å². The van der Waals surface area contributed by atoms with Crippen molar-refractivity contribution in [3.63, 3.8) is 0 Å². The Morgan fingerprint density at radius 1 is 1.88 bits per heavy atom. The first-order valence-corrected chi connectivity index (χ1v) is 2.50. The van der Waals surface area contributed by atoms with Gasteiger partial charge in [-0.1, -0.05) is 12.2 Å². The van der Waals surface area contributed by atoms with Crippen LogP contribution in [-0.4, -0.2) is 15.4 Å². The fourth-order valence-corrected chi connectivity index (χ4v) is 0. The maximum atomic E-state index is 9.00. The van der Waals surface area contributed by atoms with Crippen LogP contribution in [-0.2, 0) is 4.79 Å². The molecule has 0 bridgehead atoms. The van der Waals surface area contributed by atoms with Gasteiger partial charge >= 0.3 is 0 Å². The van der Waals surface area contributed by atoms with Gasteiger partial charge in [0.1, 0.15) is 4.32 Å². The van der Waals surface area contributed by atoms with E-state index in [1.807, 2.05) is 0 Å². The molecule has 0 radical (unpaired) electrons. The van der Waals surface area contributed by atoms with E-state index < -0.39 is 5.97 Å². The van der Waals surface area contributed by atoms with Gasteiger partial charge in [-0.15, -0.1) is 12.6 Å². The zero-order chi connectivity index (χ0) is 7.15. The summed E-state index contributed by atoms with van der Waals surface area (Å²) in [6.07, 6.45) is 0. The van der Waals surface area contributed by atoms with E-state index in [0.29, 0.717) is 0 Å². The summed E-state index contributed by atoms with van der Waals surface area (Å²) >= 11 is 7.65. The fraction of sp³-hybridized carbons (Fsp3) is 0.333. The number of aliphatic carboxylic acids is 1. The highest BCUT2D eigenvalue weighted by molar-refractivity contribution is 8.10. The minimum Gasteiger partial charge on any atom is -0.481 e. The second kappa shape index (κ2) is 6.71. The number of rotatable bonds is 0. The summed E-state index contributed by atoms with van der Waals surface area (Å²) in [6, 6.07) is 0. The molecule has 0 atom stereocenters. The average molecular weight is 153 g/mol. The third kappa shape index (κ3) is 1510. The number of thiol groups is 1. The van der Waals surface area contributed by atoms with E-state index in [2.05, 4.69) is 24.8 Å². The number of thiocarbonyl (C=S) groups is 1. The first-order valence-electron chi connectivity index (χ1n) is 1.64. The Labute approximate surface area is 58.3 Å². The fourth-order valence-electron chi connectivity index (χ4n) is 0. The standard InChI is InChI=1S/C2H4O2.CH3NS2/c1-2(3)4;2-1(3)4/h1H3,(H,3,4);(H3,2,3,4). The number of carbonyl (C=O) groups is 1. The molecule has 0 aromatic rings. The molecule has 0 aliphatic rings. The molecule has 0 aromatic carbocycles. The molecule has 0 aliphatic carbocycles. The molecule has 0 saturated carbocycles. The van der Waals surface area contributed by atoms with Crippen LogP contribution in [0.5, 0.6) is 0 Å². The van der Waals surface area contributed by atoms with Gasteiger partial charge in [-0.3, -0.25) is 4.79 Å². The normalized spacial score (nSPS) is 6.25. The van der Waals surface area contributed by atoms with E-state index in [9.17, 15) is 0 Å². The van der Waals surface area contributed by atoms with Gasteiger partial charge in [0.2, 0.25) is 0 Å². The molecule has 0 heterocycles. The molecule has 0 unspecified atom stereocenters. The smallest absolute Gasteiger partial charge is 0.300 e. The zero-order valence-corrected chi connectivity index (χ0v) is 6.00. The van der Waals surface area contributed by atoms with Crippen LogP contribution in [0.1, 0.15) is 6.92 Å². The lowest BCUT2D eigenvalue weighted by Gasteiger charge is -1.64. The molecule has 0 fully saturated rings. The second-order valence-electron chi connectivity index (χ2n) is 0.857. The minimum atomic E-state index is -0.833. The Hall–Kier alpha value is -0.290. The van der Waals surface area contributed by atoms with Crippen molar-refractivity contribution in [1.82, 2.24) is 0 Å². The average Bonchev–Trinajstić information content (AvgIpc) is 1.25. The van der Waals surface area contributed by atoms with Crippen LogP contribution in [0.4, 0.5) is 0 Å². The van der Waals surface area contributed by atoms with E-state index in [-0.39, 0.29) is 4.32 Å². The largest absolute Gasteiger partial charge is 0.481 e. The van der Waals surface area contributed by atoms with E-state index in [4.69, 9.17) is 15.6 Å². The third-order valence-corrected chi connectivity index (χ3v) is 0. The Morgan fingerprint density at radius 2 is 1.88 bits per heavy atom. The Balaban J connectivity index is 0. The van der Waals surface area contributed by atoms with Crippen LogP contribution in [0.2, 0.25) is 0 Å². The molecule has 48 valence electrons. The van der Waals surface area contributed by atoms with Crippen molar-refractivity contribution in [2.45, 2.75) is 6.92 Å². The van der Waals surface area contributed by atoms with E-state index in [1.165, 1.54) is 0 Å². The molecule has 3 N–H and O–H groups in total. The molecule has 0 aromatic heterocycles. The predicted molar refractivity (Wildman–Crippen MR) is 39.1 cm³/mol. The number of nitrogens with two attached hydrogens (primary N) is 1. The summed E-state index contributed by atoms with van der Waals surface area (Å²) in [5, 5.41) is 7.42. The van der Waals surface area contributed by atoms with Crippen molar-refractivity contribution in [3.05, 3.63) is 0 Å². The SMILES string of the molecule is CC(=O)O.NC(=S)S. The molecule has 0 aliphatic heterocycles. The third-order valence-electron chi connectivity index (χ3n) is 0. The molecule has 0 saturated heterocycles. The van der Waals surface area contributed by atoms with Crippen LogP contribution < -0.4 is 5.73 Å². The van der Waals surface area contributed by atoms with Crippen LogP contribution in [0.25, 0.3) is 0 Å². The van der Waals surface area contributed by atoms with Crippen molar-refractivity contribution >= 4 is 35.1 Å². The van der Waals surface area contributed by atoms with Crippen LogP contribution in [0, 0.1) is 0 Å². The summed E-state index contributed by atoms with van der Waals surface area (Å²) in [7, 11) is 0. The lowest BCUT2D eigenvalue weighted by Crippen LogP contribution is -1.94. The maximum Gasteiger partial charge on any atom is 0.300 e. The van der Waals surface area contributed by atoms with Gasteiger partial charge in [-0.05, 0) is 0 Å². The zero-order valence-electron chi connectivity index (χ0n) is 4.29. The van der Waals surface area contributed by atoms with Crippen molar-refractivity contribution in [2.75, 3.05) is 0 Å². The first kappa shape index (κ1) is 10.6. The predicted octanol–water partition coefficient (Wildman–Crippen LogP) is 0.251. The maximum absolute atomic E-state index is 9.00. The highest BCUT2D eigenvalue weighted by atomic mass is 32.1. The second-order valence-corrected chi connectivity index (χ2v) is 2.08. The van der Waals surface area contributed by atoms with E-state index in [1.54, 1.807) is 0 Å². The summed E-state index contributed by atoms with van der Waals surface area (Å²) in [4.78, 5) is 9.00. The van der Waals surface area contributed by atoms with Crippen molar-refractivity contribution < 1.29 is 9.90 Å². The van der Waals surface area contributed by atoms with Gasteiger partial charge in [-0.25, -0.2) is 0 Å². The van der Waals surface area contributed by atoms with Gasteiger partial charge in [0, 0.05) is 6.92 Å². The van der Waals surface area contributed by atoms with E-state index >= 15 is 0 Å². The van der Waals surface area contributed by atoms with Gasteiger partial charge in [0.15, 0.2) is 0 Å². The van der Waals surface area contributed by atoms with Gasteiger partial charge < -0.3 is 10.8 Å². The molecule has 3 nitrogen and oxygen atoms in total. The van der Waals surface area contributed by atoms with Crippen LogP contribution in [0.3, 0.4) is 0 Å². The summed E-state index contributed by atoms with van der Waals surface area (Å²) in [5.74, 6) is -0.833. The number of hydrogen-bond acceptors (Lipinski definition) is 2. The Bertz CT molecular complexity index is 73.3. The van der Waals surface area contributed by atoms with Crippen LogP contribution >= 0.6 is 24.8 Å². The lowest BCUT2D eigenvalue weighted by atomic mass is 10.9. The Morgan fingerprint density at radius 3 is 1.88 bits per heavy atom. The summed E-state index contributed by atoms with van der Waals surface area (Å²) < 4.78 is 0.194. The lowest BCUT2D eigenvalue weighted by molar-refractivity contribution is -0.134. The molecule has 8 heavy (non-hydrogen) atoms. The van der Waals surface area contributed by atoms with Gasteiger partial charge in [0.25, 0.3) is 5.97 Å². The topological polar surface area (TPSA) is 63.3 Å². The number of carboxylic acid groups (broad SMARTS) is 1. The van der Waals surface area contributed by atoms with Crippen molar-refractivity contribution in [3.8, 4) is 0 Å². The molecule has 0 spiro atoms. The molecule has 0 amide bonds. The number of carboxylic acids is 1. The molecule has 0 rings (SSSR count). The van der Waals surface area contributed by atoms with Gasteiger partial charge in [-0.2, -0.15) is 0 Å². The van der Waals surface area contributed by atoms with Crippen LogP contribution in [0.15, 0.2) is 0 Å². The number of hydrogen-bond donors (Lipinski definition) is 3. The molecule has 5 heteroatoms. The Kier molecular flexibility index (Phi) is 8.93. The molecular weight excluding hydrogens is 146 g/mol. The quantitative estimate of drug-likeness (QED) is 0.345. The minimum absolute atomic E-state index is 0.194. The molecular formula is C3H7NO2S2. The van der Waals surface area contributed by atoms with E-state index in [0.717, 1.165) is 6.92 Å². The van der Waals surface area contributed by atoms with Crippen molar-refractivity contribution in [1.29, 1.82) is 0 Å². The van der Waals surface area contributed by atoms with Crippen molar-refractivity contribution in [2.24, 2.45) is 5.73 Å². The summed E-state index contributed by atoms with van der Waals surface area (Å²) in [5.41, 5.74) is 4.71.